The molecule has 0 radical (unpaired) electrons. The lowest BCUT2D eigenvalue weighted by atomic mass is 9.98. The lowest BCUT2D eigenvalue weighted by Crippen LogP contribution is -2.17. The second kappa shape index (κ2) is 10.5. The molecule has 0 bridgehead atoms. The summed E-state index contributed by atoms with van der Waals surface area (Å²) in [5, 5.41) is 13.1. The van der Waals surface area contributed by atoms with Gasteiger partial charge in [-0.2, -0.15) is 0 Å². The standard InChI is InChI=1S/C29H20N4O4/c34-25(19-9-3-1-4-10-19)23-13-7-8-14-24(23)27(36)30-22-17-15-20(16-18-22)26(35)31-29-33-32-28(37-29)21-11-5-2-6-12-21/h1-18H,(H,30,36)(H,31,33,35). The smallest absolute Gasteiger partial charge is 0.322 e. The van der Waals surface area contributed by atoms with Crippen molar-refractivity contribution in [2.24, 2.45) is 0 Å². The fourth-order valence-electron chi connectivity index (χ4n) is 3.67. The van der Waals surface area contributed by atoms with Crippen LogP contribution in [0.3, 0.4) is 0 Å². The van der Waals surface area contributed by atoms with Gasteiger partial charge in [0.15, 0.2) is 5.78 Å². The molecule has 2 amide bonds. The molecule has 0 spiro atoms. The van der Waals surface area contributed by atoms with E-state index in [1.807, 2.05) is 36.4 Å². The van der Waals surface area contributed by atoms with Crippen molar-refractivity contribution in [1.82, 2.24) is 10.2 Å². The first-order valence-electron chi connectivity index (χ1n) is 11.4. The highest BCUT2D eigenvalue weighted by atomic mass is 16.4. The van der Waals surface area contributed by atoms with Crippen LogP contribution < -0.4 is 10.6 Å². The molecule has 1 heterocycles. The summed E-state index contributed by atoms with van der Waals surface area (Å²) in [4.78, 5) is 38.5. The number of aromatic nitrogens is 2. The Hall–Kier alpha value is -5.37. The van der Waals surface area contributed by atoms with Gasteiger partial charge in [0.1, 0.15) is 0 Å². The van der Waals surface area contributed by atoms with E-state index in [1.165, 1.54) is 0 Å². The van der Waals surface area contributed by atoms with Crippen molar-refractivity contribution in [3.8, 4) is 11.5 Å². The Morgan fingerprint density at radius 3 is 1.89 bits per heavy atom. The number of carbonyl (C=O) groups is 3. The Morgan fingerprint density at radius 1 is 0.568 bits per heavy atom. The Morgan fingerprint density at radius 2 is 1.19 bits per heavy atom. The summed E-state index contributed by atoms with van der Waals surface area (Å²) in [6, 6.07) is 30.9. The molecule has 8 nitrogen and oxygen atoms in total. The van der Waals surface area contributed by atoms with E-state index in [-0.39, 0.29) is 17.4 Å². The first-order chi connectivity index (χ1) is 18.1. The van der Waals surface area contributed by atoms with Crippen molar-refractivity contribution in [2.45, 2.75) is 0 Å². The molecule has 0 atom stereocenters. The zero-order chi connectivity index (χ0) is 25.6. The van der Waals surface area contributed by atoms with Crippen LogP contribution >= 0.6 is 0 Å². The second-order valence-corrected chi connectivity index (χ2v) is 8.00. The average molecular weight is 489 g/mol. The maximum absolute atomic E-state index is 13.0. The Labute approximate surface area is 212 Å². The molecule has 4 aromatic carbocycles. The molecule has 0 saturated carbocycles. The van der Waals surface area contributed by atoms with Gasteiger partial charge in [-0.3, -0.25) is 19.7 Å². The number of benzene rings is 4. The van der Waals surface area contributed by atoms with Gasteiger partial charge in [0.2, 0.25) is 5.89 Å². The van der Waals surface area contributed by atoms with E-state index in [1.54, 1.807) is 72.8 Å². The lowest BCUT2D eigenvalue weighted by Gasteiger charge is -2.10. The summed E-state index contributed by atoms with van der Waals surface area (Å²) in [5.41, 5.74) is 2.59. The largest absolute Gasteiger partial charge is 0.403 e. The van der Waals surface area contributed by atoms with Crippen molar-refractivity contribution in [1.29, 1.82) is 0 Å². The summed E-state index contributed by atoms with van der Waals surface area (Å²) in [6.45, 7) is 0. The van der Waals surface area contributed by atoms with Gasteiger partial charge in [-0.25, -0.2) is 0 Å². The van der Waals surface area contributed by atoms with Crippen LogP contribution in [0.1, 0.15) is 36.6 Å². The molecular formula is C29H20N4O4. The van der Waals surface area contributed by atoms with Crippen molar-refractivity contribution in [2.75, 3.05) is 10.6 Å². The van der Waals surface area contributed by atoms with E-state index in [0.29, 0.717) is 28.3 Å². The zero-order valence-corrected chi connectivity index (χ0v) is 19.4. The Bertz CT molecular complexity index is 1560. The maximum atomic E-state index is 13.0. The van der Waals surface area contributed by atoms with Crippen LogP contribution in [0.4, 0.5) is 11.7 Å². The van der Waals surface area contributed by atoms with E-state index < -0.39 is 11.8 Å². The van der Waals surface area contributed by atoms with Crippen LogP contribution in [0.2, 0.25) is 0 Å². The van der Waals surface area contributed by atoms with Crippen LogP contribution in [-0.4, -0.2) is 27.8 Å². The van der Waals surface area contributed by atoms with Gasteiger partial charge >= 0.3 is 6.01 Å². The van der Waals surface area contributed by atoms with Crippen molar-refractivity contribution in [3.63, 3.8) is 0 Å². The summed E-state index contributed by atoms with van der Waals surface area (Å²) >= 11 is 0. The number of nitrogens with zero attached hydrogens (tertiary/aromatic N) is 2. The van der Waals surface area contributed by atoms with Crippen LogP contribution in [-0.2, 0) is 0 Å². The second-order valence-electron chi connectivity index (χ2n) is 8.00. The Kier molecular flexibility index (Phi) is 6.63. The molecule has 5 aromatic rings. The van der Waals surface area contributed by atoms with Gasteiger partial charge in [-0.1, -0.05) is 71.8 Å². The molecular weight excluding hydrogens is 468 g/mol. The summed E-state index contributed by atoms with van der Waals surface area (Å²) in [5.74, 6) is -0.828. The topological polar surface area (TPSA) is 114 Å². The predicted molar refractivity (Wildman–Crippen MR) is 138 cm³/mol. The van der Waals surface area contributed by atoms with Crippen molar-refractivity contribution in [3.05, 3.63) is 131 Å². The molecule has 0 fully saturated rings. The highest BCUT2D eigenvalue weighted by Gasteiger charge is 2.18. The van der Waals surface area contributed by atoms with E-state index in [0.717, 1.165) is 5.56 Å². The van der Waals surface area contributed by atoms with E-state index in [2.05, 4.69) is 20.8 Å². The van der Waals surface area contributed by atoms with Gasteiger partial charge in [-0.05, 0) is 42.5 Å². The minimum atomic E-state index is -0.444. The molecule has 180 valence electrons. The third kappa shape index (κ3) is 5.33. The third-order valence-electron chi connectivity index (χ3n) is 5.52. The highest BCUT2D eigenvalue weighted by molar-refractivity contribution is 6.17. The molecule has 0 unspecified atom stereocenters. The third-order valence-corrected chi connectivity index (χ3v) is 5.52. The van der Waals surface area contributed by atoms with Crippen molar-refractivity contribution < 1.29 is 18.8 Å². The SMILES string of the molecule is O=C(Nc1nnc(-c2ccccc2)o1)c1ccc(NC(=O)c2ccccc2C(=O)c2ccccc2)cc1. The quantitative estimate of drug-likeness (QED) is 0.294. The van der Waals surface area contributed by atoms with E-state index in [9.17, 15) is 14.4 Å². The zero-order valence-electron chi connectivity index (χ0n) is 19.4. The number of anilines is 2. The van der Waals surface area contributed by atoms with E-state index >= 15 is 0 Å². The molecule has 1 aromatic heterocycles. The number of amides is 2. The first-order valence-corrected chi connectivity index (χ1v) is 11.4. The normalized spacial score (nSPS) is 10.5. The molecule has 5 rings (SSSR count). The molecule has 8 heteroatoms. The van der Waals surface area contributed by atoms with Gasteiger partial charge in [-0.15, -0.1) is 5.10 Å². The fourth-order valence-corrected chi connectivity index (χ4v) is 3.67. The molecule has 37 heavy (non-hydrogen) atoms. The minimum absolute atomic E-state index is 0.0269. The summed E-state index contributed by atoms with van der Waals surface area (Å²) in [6.07, 6.45) is 0. The first kappa shape index (κ1) is 23.4. The fraction of sp³-hybridized carbons (Fsp3) is 0. The summed E-state index contributed by atoms with van der Waals surface area (Å²) < 4.78 is 5.51. The molecule has 0 aliphatic rings. The van der Waals surface area contributed by atoms with Crippen LogP contribution in [0.5, 0.6) is 0 Å². The predicted octanol–water partition coefficient (Wildman–Crippen LogP) is 5.47. The average Bonchev–Trinajstić information content (AvgIpc) is 3.42. The molecule has 0 saturated heterocycles. The van der Waals surface area contributed by atoms with Gasteiger partial charge in [0, 0.05) is 27.9 Å². The maximum Gasteiger partial charge on any atom is 0.322 e. The molecule has 0 aliphatic heterocycles. The number of carbonyl (C=O) groups excluding carboxylic acids is 3. The van der Waals surface area contributed by atoms with Crippen molar-refractivity contribution >= 4 is 29.3 Å². The number of rotatable bonds is 7. The highest BCUT2D eigenvalue weighted by Crippen LogP contribution is 2.21. The van der Waals surface area contributed by atoms with E-state index in [4.69, 9.17) is 4.42 Å². The van der Waals surface area contributed by atoms with Crippen LogP contribution in [0.15, 0.2) is 114 Å². The van der Waals surface area contributed by atoms with Gasteiger partial charge in [0.05, 0.1) is 5.56 Å². The number of hydrogen-bond donors (Lipinski definition) is 2. The number of nitrogens with one attached hydrogen (secondary N) is 2. The number of ketones is 1. The minimum Gasteiger partial charge on any atom is -0.403 e. The van der Waals surface area contributed by atoms with Crippen LogP contribution in [0, 0.1) is 0 Å². The van der Waals surface area contributed by atoms with Gasteiger partial charge < -0.3 is 9.73 Å². The monoisotopic (exact) mass is 488 g/mol. The Balaban J connectivity index is 1.26. The van der Waals surface area contributed by atoms with Gasteiger partial charge in [0.25, 0.3) is 11.8 Å². The molecule has 0 aliphatic carbocycles. The molecule has 2 N–H and O–H groups in total. The lowest BCUT2D eigenvalue weighted by molar-refractivity contribution is 0.0996. The summed E-state index contributed by atoms with van der Waals surface area (Å²) in [7, 11) is 0. The van der Waals surface area contributed by atoms with Crippen LogP contribution in [0.25, 0.3) is 11.5 Å². The number of hydrogen-bond acceptors (Lipinski definition) is 6.